The SMILES string of the molecule is Nc1ncc(C=O)c(C(F)F)c1I. The molecule has 70 valence electrons. The van der Waals surface area contributed by atoms with Crippen molar-refractivity contribution in [2.75, 3.05) is 5.73 Å². The number of aromatic nitrogens is 1. The predicted octanol–water partition coefficient (Wildman–Crippen LogP) is 2.02. The number of pyridine rings is 1. The minimum Gasteiger partial charge on any atom is -0.383 e. The second-order valence-corrected chi connectivity index (χ2v) is 3.32. The Hall–Kier alpha value is -0.790. The number of nitrogen functional groups attached to an aromatic ring is 1. The molecule has 0 radical (unpaired) electrons. The first-order chi connectivity index (χ1) is 6.07. The van der Waals surface area contributed by atoms with Crippen LogP contribution in [0.5, 0.6) is 0 Å². The molecule has 2 N–H and O–H groups in total. The molecule has 0 bridgehead atoms. The van der Waals surface area contributed by atoms with Gasteiger partial charge in [0.05, 0.1) is 3.57 Å². The summed E-state index contributed by atoms with van der Waals surface area (Å²) < 4.78 is 25.0. The molecule has 1 heterocycles. The highest BCUT2D eigenvalue weighted by molar-refractivity contribution is 14.1. The lowest BCUT2D eigenvalue weighted by atomic mass is 10.1. The highest BCUT2D eigenvalue weighted by Gasteiger charge is 2.18. The topological polar surface area (TPSA) is 56.0 Å². The molecule has 1 rings (SSSR count). The number of hydrogen-bond acceptors (Lipinski definition) is 3. The molecule has 0 aliphatic carbocycles. The minimum atomic E-state index is -2.71. The van der Waals surface area contributed by atoms with Crippen LogP contribution in [-0.4, -0.2) is 11.3 Å². The van der Waals surface area contributed by atoms with Crippen LogP contribution < -0.4 is 5.73 Å². The number of carbonyl (C=O) groups excluding carboxylic acids is 1. The minimum absolute atomic E-state index is 0.0153. The van der Waals surface area contributed by atoms with Gasteiger partial charge in [0.1, 0.15) is 5.82 Å². The van der Waals surface area contributed by atoms with Gasteiger partial charge in [0.15, 0.2) is 6.29 Å². The van der Waals surface area contributed by atoms with Crippen LogP contribution in [-0.2, 0) is 0 Å². The van der Waals surface area contributed by atoms with Crippen molar-refractivity contribution in [3.63, 3.8) is 0 Å². The van der Waals surface area contributed by atoms with Crippen molar-refractivity contribution in [2.45, 2.75) is 6.43 Å². The summed E-state index contributed by atoms with van der Waals surface area (Å²) in [5.74, 6) is 0.0153. The van der Waals surface area contributed by atoms with Gasteiger partial charge >= 0.3 is 0 Å². The molecule has 0 unspecified atom stereocenters. The Labute approximate surface area is 86.5 Å². The highest BCUT2D eigenvalue weighted by Crippen LogP contribution is 2.29. The number of alkyl halides is 2. The van der Waals surface area contributed by atoms with Crippen molar-refractivity contribution in [3.8, 4) is 0 Å². The maximum Gasteiger partial charge on any atom is 0.265 e. The maximum atomic E-state index is 12.4. The van der Waals surface area contributed by atoms with E-state index in [2.05, 4.69) is 4.98 Å². The van der Waals surface area contributed by atoms with Gasteiger partial charge in [-0.25, -0.2) is 13.8 Å². The van der Waals surface area contributed by atoms with Gasteiger partial charge < -0.3 is 5.73 Å². The van der Waals surface area contributed by atoms with Crippen molar-refractivity contribution < 1.29 is 13.6 Å². The Morgan fingerprint density at radius 3 is 2.69 bits per heavy atom. The Kier molecular flexibility index (Phi) is 3.12. The first-order valence-electron chi connectivity index (χ1n) is 3.25. The number of carbonyl (C=O) groups is 1. The summed E-state index contributed by atoms with van der Waals surface area (Å²) in [6.07, 6.45) is -1.32. The molecule has 1 aromatic rings. The van der Waals surface area contributed by atoms with E-state index in [0.29, 0.717) is 6.29 Å². The smallest absolute Gasteiger partial charge is 0.265 e. The zero-order chi connectivity index (χ0) is 10.0. The second kappa shape index (κ2) is 3.95. The van der Waals surface area contributed by atoms with Crippen LogP contribution in [0.2, 0.25) is 0 Å². The Morgan fingerprint density at radius 2 is 2.23 bits per heavy atom. The molecule has 0 atom stereocenters. The number of hydrogen-bond donors (Lipinski definition) is 1. The van der Waals surface area contributed by atoms with E-state index in [-0.39, 0.29) is 20.5 Å². The third kappa shape index (κ3) is 1.93. The van der Waals surface area contributed by atoms with E-state index in [1.165, 1.54) is 0 Å². The number of anilines is 1. The molecule has 0 aliphatic rings. The van der Waals surface area contributed by atoms with Crippen molar-refractivity contribution in [2.24, 2.45) is 0 Å². The summed E-state index contributed by atoms with van der Waals surface area (Å²) in [5, 5.41) is 0. The Balaban J connectivity index is 3.41. The van der Waals surface area contributed by atoms with E-state index in [1.807, 2.05) is 0 Å². The zero-order valence-electron chi connectivity index (χ0n) is 6.30. The molecule has 0 aliphatic heterocycles. The quantitative estimate of drug-likeness (QED) is 0.671. The average Bonchev–Trinajstić information content (AvgIpc) is 2.08. The van der Waals surface area contributed by atoms with E-state index >= 15 is 0 Å². The van der Waals surface area contributed by atoms with E-state index < -0.39 is 6.43 Å². The highest BCUT2D eigenvalue weighted by atomic mass is 127. The lowest BCUT2D eigenvalue weighted by Crippen LogP contribution is -2.03. The van der Waals surface area contributed by atoms with Gasteiger partial charge in [0.2, 0.25) is 0 Å². The van der Waals surface area contributed by atoms with Crippen LogP contribution in [0.1, 0.15) is 22.3 Å². The Bertz CT molecular complexity index is 344. The maximum absolute atomic E-state index is 12.4. The van der Waals surface area contributed by atoms with Crippen LogP contribution in [0.3, 0.4) is 0 Å². The molecule has 0 spiro atoms. The first kappa shape index (κ1) is 10.3. The number of halogens is 3. The van der Waals surface area contributed by atoms with E-state index in [1.54, 1.807) is 22.6 Å². The van der Waals surface area contributed by atoms with Crippen LogP contribution in [0.15, 0.2) is 6.20 Å². The predicted molar refractivity (Wildman–Crippen MR) is 51.7 cm³/mol. The van der Waals surface area contributed by atoms with E-state index in [4.69, 9.17) is 5.73 Å². The lowest BCUT2D eigenvalue weighted by molar-refractivity contribution is 0.110. The molecule has 0 amide bonds. The van der Waals surface area contributed by atoms with Crippen LogP contribution >= 0.6 is 22.6 Å². The molecule has 0 aromatic carbocycles. The third-order valence-electron chi connectivity index (χ3n) is 1.46. The van der Waals surface area contributed by atoms with Gasteiger partial charge in [0.25, 0.3) is 6.43 Å². The lowest BCUT2D eigenvalue weighted by Gasteiger charge is -2.07. The van der Waals surface area contributed by atoms with Gasteiger partial charge in [-0.05, 0) is 22.6 Å². The van der Waals surface area contributed by atoms with Crippen molar-refractivity contribution in [3.05, 3.63) is 20.9 Å². The van der Waals surface area contributed by atoms with Gasteiger partial charge in [0, 0.05) is 17.3 Å². The standard InChI is InChI=1S/C7H5F2IN2O/c8-6(9)4-3(2-13)1-12-7(11)5(4)10/h1-2,6H,(H2,11,12). The molecule has 3 nitrogen and oxygen atoms in total. The average molecular weight is 298 g/mol. The van der Waals surface area contributed by atoms with Gasteiger partial charge in [-0.2, -0.15) is 0 Å². The summed E-state index contributed by atoms with van der Waals surface area (Å²) in [4.78, 5) is 14.0. The summed E-state index contributed by atoms with van der Waals surface area (Å²) in [7, 11) is 0. The van der Waals surface area contributed by atoms with E-state index in [9.17, 15) is 13.6 Å². The van der Waals surface area contributed by atoms with Gasteiger partial charge in [-0.1, -0.05) is 0 Å². The number of nitrogens with zero attached hydrogens (tertiary/aromatic N) is 1. The van der Waals surface area contributed by atoms with E-state index in [0.717, 1.165) is 6.20 Å². The molecule has 6 heteroatoms. The second-order valence-electron chi connectivity index (χ2n) is 2.24. The molecule has 1 aromatic heterocycles. The summed E-state index contributed by atoms with van der Waals surface area (Å²) >= 11 is 1.64. The van der Waals surface area contributed by atoms with Crippen LogP contribution in [0.25, 0.3) is 0 Å². The van der Waals surface area contributed by atoms with Gasteiger partial charge in [-0.3, -0.25) is 4.79 Å². The third-order valence-corrected chi connectivity index (χ3v) is 2.59. The first-order valence-corrected chi connectivity index (χ1v) is 4.33. The molecular weight excluding hydrogens is 293 g/mol. The fourth-order valence-corrected chi connectivity index (χ4v) is 1.53. The molecule has 13 heavy (non-hydrogen) atoms. The fraction of sp³-hybridized carbons (Fsp3) is 0.143. The monoisotopic (exact) mass is 298 g/mol. The molecule has 0 saturated heterocycles. The van der Waals surface area contributed by atoms with Crippen molar-refractivity contribution in [1.82, 2.24) is 4.98 Å². The molecule has 0 fully saturated rings. The summed E-state index contributed by atoms with van der Waals surface area (Å²) in [5.41, 5.74) is 4.85. The molecule has 0 saturated carbocycles. The number of aldehydes is 1. The largest absolute Gasteiger partial charge is 0.383 e. The zero-order valence-corrected chi connectivity index (χ0v) is 8.46. The van der Waals surface area contributed by atoms with Crippen molar-refractivity contribution >= 4 is 34.7 Å². The summed E-state index contributed by atoms with van der Waals surface area (Å²) in [6.45, 7) is 0. The Morgan fingerprint density at radius 1 is 1.62 bits per heavy atom. The van der Waals surface area contributed by atoms with Gasteiger partial charge in [-0.15, -0.1) is 0 Å². The van der Waals surface area contributed by atoms with Crippen LogP contribution in [0, 0.1) is 3.57 Å². The summed E-state index contributed by atoms with van der Waals surface area (Å²) in [6, 6.07) is 0. The fourth-order valence-electron chi connectivity index (χ4n) is 0.846. The van der Waals surface area contributed by atoms with Crippen molar-refractivity contribution in [1.29, 1.82) is 0 Å². The number of rotatable bonds is 2. The molecular formula is C7H5F2IN2O. The number of nitrogens with two attached hydrogens (primary N) is 1. The van der Waals surface area contributed by atoms with Crippen LogP contribution in [0.4, 0.5) is 14.6 Å². The normalized spacial score (nSPS) is 10.5.